The number of rotatable bonds is 3. The predicted octanol–water partition coefficient (Wildman–Crippen LogP) is 1.57. The zero-order valence-electron chi connectivity index (χ0n) is 12.0. The summed E-state index contributed by atoms with van der Waals surface area (Å²) in [4.78, 5) is 13.9. The van der Waals surface area contributed by atoms with Crippen molar-refractivity contribution in [1.82, 2.24) is 4.90 Å². The van der Waals surface area contributed by atoms with Gasteiger partial charge in [0, 0.05) is 24.7 Å². The summed E-state index contributed by atoms with van der Waals surface area (Å²) < 4.78 is 0. The van der Waals surface area contributed by atoms with E-state index in [0.717, 1.165) is 5.56 Å². The van der Waals surface area contributed by atoms with Crippen LogP contribution < -0.4 is 0 Å². The smallest absolute Gasteiger partial charge is 0.253 e. The summed E-state index contributed by atoms with van der Waals surface area (Å²) in [6.07, 6.45) is 0. The number of amides is 1. The zero-order chi connectivity index (χ0) is 15.1. The highest BCUT2D eigenvalue weighted by Gasteiger charge is 2.16. The second kappa shape index (κ2) is 7.33. The number of aliphatic hydroxyl groups is 1. The number of aliphatic hydroxyl groups excluding tert-OH is 1. The molecule has 104 valence electrons. The summed E-state index contributed by atoms with van der Waals surface area (Å²) in [5.41, 5.74) is 2.12. The van der Waals surface area contributed by atoms with Crippen molar-refractivity contribution in [2.75, 3.05) is 20.2 Å². The van der Waals surface area contributed by atoms with Crippen LogP contribution in [0, 0.1) is 36.0 Å². The fourth-order valence-corrected chi connectivity index (χ4v) is 1.81. The van der Waals surface area contributed by atoms with Crippen LogP contribution in [-0.2, 0) is 0 Å². The Labute approximate surface area is 119 Å². The fraction of sp³-hybridized carbons (Fsp3) is 0.375. The molecule has 1 rings (SSSR count). The van der Waals surface area contributed by atoms with E-state index in [2.05, 4.69) is 17.9 Å². The third-order valence-electron chi connectivity index (χ3n) is 2.89. The van der Waals surface area contributed by atoms with Gasteiger partial charge >= 0.3 is 0 Å². The molecule has 1 amide bonds. The lowest BCUT2D eigenvalue weighted by atomic mass is 10.0. The predicted molar refractivity (Wildman–Crippen MR) is 76.9 cm³/mol. The maximum Gasteiger partial charge on any atom is 0.253 e. The monoisotopic (exact) mass is 270 g/mol. The van der Waals surface area contributed by atoms with Crippen LogP contribution in [0.5, 0.6) is 0 Å². The molecule has 20 heavy (non-hydrogen) atoms. The van der Waals surface area contributed by atoms with Crippen LogP contribution in [0.25, 0.3) is 0 Å². The maximum atomic E-state index is 12.4. The highest BCUT2D eigenvalue weighted by atomic mass is 16.2. The molecular formula is C16H18N2O2. The first-order valence-corrected chi connectivity index (χ1v) is 6.35. The molecule has 0 saturated heterocycles. The molecule has 4 nitrogen and oxygen atoms in total. The highest BCUT2D eigenvalue weighted by molar-refractivity contribution is 5.95. The number of hydrogen-bond acceptors (Lipinski definition) is 3. The van der Waals surface area contributed by atoms with Gasteiger partial charge in [0.05, 0.1) is 12.0 Å². The molecule has 0 spiro atoms. The number of carbonyl (C=O) groups is 1. The molecule has 0 fully saturated rings. The first-order chi connectivity index (χ1) is 9.49. The normalized spacial score (nSPS) is 10.9. The Bertz CT molecular complexity index is 591. The van der Waals surface area contributed by atoms with Gasteiger partial charge in [-0.25, -0.2) is 0 Å². The number of nitrogens with zero attached hydrogens (tertiary/aromatic N) is 2. The standard InChI is InChI=1S/C16H18N2O2/c1-12(10-17)11-18(3)16(20)15-9-14(5-4-8-19)7-6-13(15)2/h6-7,9,12,19H,8,11H2,1-3H3. The Hall–Kier alpha value is -2.30. The van der Waals surface area contributed by atoms with Gasteiger partial charge in [-0.3, -0.25) is 4.79 Å². The molecule has 0 radical (unpaired) electrons. The van der Waals surface area contributed by atoms with Crippen molar-refractivity contribution in [3.8, 4) is 17.9 Å². The Morgan fingerprint density at radius 1 is 1.50 bits per heavy atom. The third-order valence-corrected chi connectivity index (χ3v) is 2.89. The van der Waals surface area contributed by atoms with Crippen LogP contribution >= 0.6 is 0 Å². The van der Waals surface area contributed by atoms with Crippen molar-refractivity contribution in [3.05, 3.63) is 34.9 Å². The van der Waals surface area contributed by atoms with Crippen LogP contribution in [0.3, 0.4) is 0 Å². The average Bonchev–Trinajstić information content (AvgIpc) is 2.45. The quantitative estimate of drug-likeness (QED) is 0.848. The SMILES string of the molecule is Cc1ccc(C#CCO)cc1C(=O)N(C)CC(C)C#N. The van der Waals surface area contributed by atoms with Gasteiger partial charge in [-0.15, -0.1) is 0 Å². The second-order valence-electron chi connectivity index (χ2n) is 4.71. The van der Waals surface area contributed by atoms with Crippen molar-refractivity contribution in [2.24, 2.45) is 5.92 Å². The molecule has 1 unspecified atom stereocenters. The summed E-state index contributed by atoms with van der Waals surface area (Å²) in [6.45, 7) is 3.82. The zero-order valence-corrected chi connectivity index (χ0v) is 12.0. The van der Waals surface area contributed by atoms with Gasteiger partial charge < -0.3 is 10.0 Å². The summed E-state index contributed by atoms with van der Waals surface area (Å²) >= 11 is 0. The highest BCUT2D eigenvalue weighted by Crippen LogP contribution is 2.13. The second-order valence-corrected chi connectivity index (χ2v) is 4.71. The summed E-state index contributed by atoms with van der Waals surface area (Å²) in [5, 5.41) is 17.5. The van der Waals surface area contributed by atoms with E-state index >= 15 is 0 Å². The van der Waals surface area contributed by atoms with Crippen LogP contribution in [0.1, 0.15) is 28.4 Å². The molecular weight excluding hydrogens is 252 g/mol. The minimum absolute atomic E-state index is 0.128. The Morgan fingerprint density at radius 2 is 2.20 bits per heavy atom. The van der Waals surface area contributed by atoms with Crippen molar-refractivity contribution in [3.63, 3.8) is 0 Å². The van der Waals surface area contributed by atoms with Crippen molar-refractivity contribution < 1.29 is 9.90 Å². The van der Waals surface area contributed by atoms with E-state index in [4.69, 9.17) is 10.4 Å². The molecule has 1 aromatic carbocycles. The Balaban J connectivity index is 3.00. The number of hydrogen-bond donors (Lipinski definition) is 1. The molecule has 1 aromatic rings. The molecule has 0 aromatic heterocycles. The number of aryl methyl sites for hydroxylation is 1. The van der Waals surface area contributed by atoms with Gasteiger partial charge in [0.2, 0.25) is 0 Å². The number of nitriles is 1. The molecule has 0 saturated carbocycles. The third kappa shape index (κ3) is 4.12. The minimum Gasteiger partial charge on any atom is -0.384 e. The number of benzene rings is 1. The summed E-state index contributed by atoms with van der Waals surface area (Å²) in [6, 6.07) is 7.47. The van der Waals surface area contributed by atoms with E-state index in [1.54, 1.807) is 24.9 Å². The molecule has 0 bridgehead atoms. The van der Waals surface area contributed by atoms with Crippen molar-refractivity contribution >= 4 is 5.91 Å². The number of carbonyl (C=O) groups excluding carboxylic acids is 1. The molecule has 0 heterocycles. The van der Waals surface area contributed by atoms with E-state index in [1.165, 1.54) is 0 Å². The van der Waals surface area contributed by atoms with E-state index in [9.17, 15) is 4.79 Å². The largest absolute Gasteiger partial charge is 0.384 e. The molecule has 4 heteroatoms. The van der Waals surface area contributed by atoms with Gasteiger partial charge in [0.1, 0.15) is 6.61 Å². The van der Waals surface area contributed by atoms with Crippen LogP contribution in [0.4, 0.5) is 0 Å². The van der Waals surface area contributed by atoms with Gasteiger partial charge in [-0.1, -0.05) is 17.9 Å². The van der Waals surface area contributed by atoms with Crippen LogP contribution in [-0.4, -0.2) is 36.1 Å². The topological polar surface area (TPSA) is 64.3 Å². The van der Waals surface area contributed by atoms with E-state index in [0.29, 0.717) is 17.7 Å². The molecule has 1 N–H and O–H groups in total. The first-order valence-electron chi connectivity index (χ1n) is 6.35. The summed E-state index contributed by atoms with van der Waals surface area (Å²) in [5.74, 6) is 5.01. The first kappa shape index (κ1) is 15.8. The van der Waals surface area contributed by atoms with Crippen molar-refractivity contribution in [2.45, 2.75) is 13.8 Å². The molecule has 0 aliphatic carbocycles. The van der Waals surface area contributed by atoms with Gasteiger partial charge in [0.15, 0.2) is 0 Å². The Morgan fingerprint density at radius 3 is 2.80 bits per heavy atom. The van der Waals surface area contributed by atoms with Crippen molar-refractivity contribution in [1.29, 1.82) is 5.26 Å². The van der Waals surface area contributed by atoms with Crippen LogP contribution in [0.15, 0.2) is 18.2 Å². The lowest BCUT2D eigenvalue weighted by Gasteiger charge is -2.19. The van der Waals surface area contributed by atoms with E-state index in [-0.39, 0.29) is 18.4 Å². The lowest BCUT2D eigenvalue weighted by Crippen LogP contribution is -2.31. The van der Waals surface area contributed by atoms with Gasteiger partial charge in [0.25, 0.3) is 5.91 Å². The average molecular weight is 270 g/mol. The summed E-state index contributed by atoms with van der Waals surface area (Å²) in [7, 11) is 1.68. The van der Waals surface area contributed by atoms with Gasteiger partial charge in [-0.2, -0.15) is 5.26 Å². The minimum atomic E-state index is -0.212. The van der Waals surface area contributed by atoms with E-state index < -0.39 is 0 Å². The molecule has 0 aliphatic rings. The van der Waals surface area contributed by atoms with E-state index in [1.807, 2.05) is 19.1 Å². The fourth-order valence-electron chi connectivity index (χ4n) is 1.81. The van der Waals surface area contributed by atoms with Crippen LogP contribution in [0.2, 0.25) is 0 Å². The molecule has 0 aliphatic heterocycles. The van der Waals surface area contributed by atoms with Gasteiger partial charge in [-0.05, 0) is 31.5 Å². The maximum absolute atomic E-state index is 12.4. The Kier molecular flexibility index (Phi) is 5.77. The molecule has 1 atom stereocenters. The lowest BCUT2D eigenvalue weighted by molar-refractivity contribution is 0.0784.